The lowest BCUT2D eigenvalue weighted by Crippen LogP contribution is -2.16. The number of nitrogens with zero attached hydrogens (tertiary/aromatic N) is 2. The normalized spacial score (nSPS) is 10.3. The third-order valence-electron chi connectivity index (χ3n) is 2.97. The van der Waals surface area contributed by atoms with Crippen molar-refractivity contribution >= 4 is 11.6 Å². The van der Waals surface area contributed by atoms with Gasteiger partial charge in [0, 0.05) is 6.20 Å². The molecule has 1 amide bonds. The molecular weight excluding hydrogens is 254 g/mol. The smallest absolute Gasteiger partial charge is 0.259 e. The maximum Gasteiger partial charge on any atom is 0.259 e. The predicted octanol–water partition coefficient (Wildman–Crippen LogP) is 2.61. The van der Waals surface area contributed by atoms with Gasteiger partial charge in [0.1, 0.15) is 11.6 Å². The van der Waals surface area contributed by atoms with E-state index in [9.17, 15) is 9.90 Å². The Morgan fingerprint density at radius 2 is 2.10 bits per heavy atom. The molecule has 0 aliphatic rings. The van der Waals surface area contributed by atoms with Crippen LogP contribution in [0.1, 0.15) is 34.4 Å². The Morgan fingerprint density at radius 3 is 2.80 bits per heavy atom. The van der Waals surface area contributed by atoms with Crippen LogP contribution in [0.3, 0.4) is 0 Å². The van der Waals surface area contributed by atoms with Gasteiger partial charge in [0.15, 0.2) is 0 Å². The van der Waals surface area contributed by atoms with E-state index in [-0.39, 0.29) is 11.7 Å². The Bertz CT molecular complexity index is 654. The van der Waals surface area contributed by atoms with E-state index in [2.05, 4.69) is 15.3 Å². The average Bonchev–Trinajstić information content (AvgIpc) is 2.42. The lowest BCUT2D eigenvalue weighted by Gasteiger charge is -2.10. The summed E-state index contributed by atoms with van der Waals surface area (Å²) in [4.78, 5) is 20.6. The van der Waals surface area contributed by atoms with Crippen molar-refractivity contribution < 1.29 is 9.90 Å². The fourth-order valence-corrected chi connectivity index (χ4v) is 1.92. The molecule has 5 nitrogen and oxygen atoms in total. The van der Waals surface area contributed by atoms with Gasteiger partial charge >= 0.3 is 0 Å². The third-order valence-corrected chi connectivity index (χ3v) is 2.97. The minimum atomic E-state index is -0.317. The van der Waals surface area contributed by atoms with Gasteiger partial charge in [-0.3, -0.25) is 4.79 Å². The van der Waals surface area contributed by atoms with Gasteiger partial charge in [-0.2, -0.15) is 0 Å². The van der Waals surface area contributed by atoms with Gasteiger partial charge in [0.2, 0.25) is 0 Å². The zero-order valence-corrected chi connectivity index (χ0v) is 11.8. The van der Waals surface area contributed by atoms with E-state index in [4.69, 9.17) is 0 Å². The Morgan fingerprint density at radius 1 is 1.35 bits per heavy atom. The number of benzene rings is 1. The number of aryl methyl sites for hydroxylation is 3. The molecule has 104 valence electrons. The van der Waals surface area contributed by atoms with E-state index < -0.39 is 0 Å². The van der Waals surface area contributed by atoms with Crippen LogP contribution in [0.15, 0.2) is 24.4 Å². The molecule has 0 aliphatic carbocycles. The predicted molar refractivity (Wildman–Crippen MR) is 76.9 cm³/mol. The lowest BCUT2D eigenvalue weighted by atomic mass is 10.1. The van der Waals surface area contributed by atoms with Crippen LogP contribution in [0, 0.1) is 13.8 Å². The van der Waals surface area contributed by atoms with Gasteiger partial charge in [-0.1, -0.05) is 13.0 Å². The number of nitrogens with one attached hydrogen (secondary N) is 1. The van der Waals surface area contributed by atoms with Crippen molar-refractivity contribution in [3.8, 4) is 5.75 Å². The second-order valence-corrected chi connectivity index (χ2v) is 4.61. The van der Waals surface area contributed by atoms with Crippen molar-refractivity contribution in [1.29, 1.82) is 0 Å². The monoisotopic (exact) mass is 271 g/mol. The van der Waals surface area contributed by atoms with Crippen molar-refractivity contribution in [3.05, 3.63) is 47.0 Å². The molecule has 0 fully saturated rings. The summed E-state index contributed by atoms with van der Waals surface area (Å²) in [5.74, 6) is 0.356. The van der Waals surface area contributed by atoms with Crippen LogP contribution in [-0.4, -0.2) is 21.0 Å². The molecule has 0 saturated carbocycles. The highest BCUT2D eigenvalue weighted by molar-refractivity contribution is 6.05. The van der Waals surface area contributed by atoms with E-state index in [1.165, 1.54) is 6.20 Å². The fourth-order valence-electron chi connectivity index (χ4n) is 1.92. The minimum Gasteiger partial charge on any atom is -0.506 e. The number of rotatable bonds is 3. The van der Waals surface area contributed by atoms with E-state index in [1.807, 2.05) is 13.8 Å². The van der Waals surface area contributed by atoms with Gasteiger partial charge in [-0.15, -0.1) is 0 Å². The number of phenols is 1. The van der Waals surface area contributed by atoms with Gasteiger partial charge < -0.3 is 10.4 Å². The fraction of sp³-hybridized carbons (Fsp3) is 0.267. The van der Waals surface area contributed by atoms with E-state index in [1.54, 1.807) is 25.1 Å². The number of phenolic OH excluding ortho intramolecular Hbond substituents is 1. The summed E-state index contributed by atoms with van der Waals surface area (Å²) in [5.41, 5.74) is 2.47. The summed E-state index contributed by atoms with van der Waals surface area (Å²) in [7, 11) is 0. The minimum absolute atomic E-state index is 0.0371. The number of aromatic hydroxyl groups is 1. The molecule has 0 atom stereocenters. The number of carbonyl (C=O) groups excluding carboxylic acids is 1. The molecule has 2 rings (SSSR count). The van der Waals surface area contributed by atoms with Crippen molar-refractivity contribution in [1.82, 2.24) is 9.97 Å². The summed E-state index contributed by atoms with van der Waals surface area (Å²) >= 11 is 0. The van der Waals surface area contributed by atoms with Crippen molar-refractivity contribution in [2.45, 2.75) is 27.2 Å². The molecule has 1 aromatic heterocycles. The first-order valence-corrected chi connectivity index (χ1v) is 6.44. The largest absolute Gasteiger partial charge is 0.506 e. The SMILES string of the molecule is CCc1nc(C)ncc1C(=O)Nc1cc(C)ccc1O. The third kappa shape index (κ3) is 2.93. The summed E-state index contributed by atoms with van der Waals surface area (Å²) in [6, 6.07) is 5.04. The van der Waals surface area contributed by atoms with Crippen molar-refractivity contribution in [2.24, 2.45) is 0 Å². The standard InChI is InChI=1S/C15H17N3O2/c1-4-12-11(8-16-10(3)17-12)15(20)18-13-7-9(2)5-6-14(13)19/h5-8,19H,4H2,1-3H3,(H,18,20). The number of anilines is 1. The average molecular weight is 271 g/mol. The molecule has 2 N–H and O–H groups in total. The van der Waals surface area contributed by atoms with E-state index in [0.29, 0.717) is 29.2 Å². The molecular formula is C15H17N3O2. The summed E-state index contributed by atoms with van der Waals surface area (Å²) in [5, 5.41) is 12.4. The first kappa shape index (κ1) is 14.0. The van der Waals surface area contributed by atoms with E-state index >= 15 is 0 Å². The molecule has 1 aromatic carbocycles. The number of hydrogen-bond acceptors (Lipinski definition) is 4. The molecule has 20 heavy (non-hydrogen) atoms. The molecule has 0 unspecified atom stereocenters. The molecule has 0 spiro atoms. The molecule has 0 saturated heterocycles. The van der Waals surface area contributed by atoms with Gasteiger partial charge in [-0.05, 0) is 38.0 Å². The topological polar surface area (TPSA) is 75.1 Å². The summed E-state index contributed by atoms with van der Waals surface area (Å²) in [6.07, 6.45) is 2.16. The quantitative estimate of drug-likeness (QED) is 0.841. The first-order chi connectivity index (χ1) is 9.51. The number of carbonyl (C=O) groups is 1. The van der Waals surface area contributed by atoms with Gasteiger partial charge in [0.05, 0.1) is 16.9 Å². The second-order valence-electron chi connectivity index (χ2n) is 4.61. The Kier molecular flexibility index (Phi) is 3.98. The molecule has 1 heterocycles. The number of amides is 1. The van der Waals surface area contributed by atoms with Crippen LogP contribution < -0.4 is 5.32 Å². The molecule has 0 aliphatic heterocycles. The lowest BCUT2D eigenvalue weighted by molar-refractivity contribution is 0.102. The van der Waals surface area contributed by atoms with Crippen molar-refractivity contribution in [3.63, 3.8) is 0 Å². The summed E-state index contributed by atoms with van der Waals surface area (Å²) in [6.45, 7) is 5.61. The zero-order valence-electron chi connectivity index (χ0n) is 11.8. The van der Waals surface area contributed by atoms with Crippen LogP contribution in [0.2, 0.25) is 0 Å². The highest BCUT2D eigenvalue weighted by Gasteiger charge is 2.14. The van der Waals surface area contributed by atoms with Crippen LogP contribution in [0.5, 0.6) is 5.75 Å². The van der Waals surface area contributed by atoms with E-state index in [0.717, 1.165) is 5.56 Å². The summed E-state index contributed by atoms with van der Waals surface area (Å²) < 4.78 is 0. The Labute approximate surface area is 117 Å². The molecule has 5 heteroatoms. The van der Waals surface area contributed by atoms with Crippen LogP contribution in [-0.2, 0) is 6.42 Å². The Balaban J connectivity index is 2.30. The van der Waals surface area contributed by atoms with Gasteiger partial charge in [-0.25, -0.2) is 9.97 Å². The first-order valence-electron chi connectivity index (χ1n) is 6.44. The Hall–Kier alpha value is -2.43. The maximum absolute atomic E-state index is 12.3. The zero-order chi connectivity index (χ0) is 14.7. The van der Waals surface area contributed by atoms with Crippen LogP contribution in [0.4, 0.5) is 5.69 Å². The highest BCUT2D eigenvalue weighted by atomic mass is 16.3. The molecule has 0 bridgehead atoms. The second kappa shape index (κ2) is 5.69. The van der Waals surface area contributed by atoms with Crippen LogP contribution >= 0.6 is 0 Å². The molecule has 2 aromatic rings. The highest BCUT2D eigenvalue weighted by Crippen LogP contribution is 2.24. The number of aromatic nitrogens is 2. The maximum atomic E-state index is 12.3. The number of hydrogen-bond donors (Lipinski definition) is 2. The van der Waals surface area contributed by atoms with Gasteiger partial charge in [0.25, 0.3) is 5.91 Å². The molecule has 0 radical (unpaired) electrons. The van der Waals surface area contributed by atoms with Crippen molar-refractivity contribution in [2.75, 3.05) is 5.32 Å². The van der Waals surface area contributed by atoms with Crippen LogP contribution in [0.25, 0.3) is 0 Å².